The molecule has 6 rings (SSSR count). The van der Waals surface area contributed by atoms with Crippen LogP contribution >= 0.6 is 11.6 Å². The van der Waals surface area contributed by atoms with Crippen LogP contribution in [0.4, 0.5) is 32.1 Å². The van der Waals surface area contributed by atoms with Gasteiger partial charge in [-0.1, -0.05) is 11.6 Å². The summed E-state index contributed by atoms with van der Waals surface area (Å²) in [6.45, 7) is 3.33. The third kappa shape index (κ3) is 3.78. The molecule has 1 unspecified atom stereocenters. The van der Waals surface area contributed by atoms with Crippen molar-refractivity contribution in [3.05, 3.63) is 53.3 Å². The quantitative estimate of drug-likeness (QED) is 0.566. The summed E-state index contributed by atoms with van der Waals surface area (Å²) in [5.41, 5.74) is 1.70. The first-order valence-corrected chi connectivity index (χ1v) is 11.7. The Balaban J connectivity index is 1.21. The highest BCUT2D eigenvalue weighted by molar-refractivity contribution is 6.29. The summed E-state index contributed by atoms with van der Waals surface area (Å²) in [6, 6.07) is 8.19. The lowest BCUT2D eigenvalue weighted by Gasteiger charge is -2.39. The second kappa shape index (κ2) is 8.13. The van der Waals surface area contributed by atoms with Crippen molar-refractivity contribution in [3.8, 4) is 0 Å². The Morgan fingerprint density at radius 2 is 1.79 bits per heavy atom. The molecule has 33 heavy (non-hydrogen) atoms. The van der Waals surface area contributed by atoms with Gasteiger partial charge in [0.25, 0.3) is 0 Å². The van der Waals surface area contributed by atoms with Crippen molar-refractivity contribution < 1.29 is 8.78 Å². The lowest BCUT2D eigenvalue weighted by Crippen LogP contribution is -2.48. The van der Waals surface area contributed by atoms with Crippen molar-refractivity contribution in [2.75, 3.05) is 34.8 Å². The Morgan fingerprint density at radius 3 is 2.55 bits per heavy atom. The molecule has 172 valence electrons. The van der Waals surface area contributed by atoms with Crippen LogP contribution in [0.2, 0.25) is 5.15 Å². The van der Waals surface area contributed by atoms with E-state index in [2.05, 4.69) is 15.2 Å². The molecule has 1 N–H and O–H groups in total. The van der Waals surface area contributed by atoms with Gasteiger partial charge in [-0.25, -0.2) is 18.4 Å². The fourth-order valence-corrected chi connectivity index (χ4v) is 5.70. The zero-order valence-electron chi connectivity index (χ0n) is 18.0. The molecule has 0 radical (unpaired) electrons. The van der Waals surface area contributed by atoms with Crippen LogP contribution in [0.5, 0.6) is 0 Å². The van der Waals surface area contributed by atoms with E-state index in [0.29, 0.717) is 47.2 Å². The smallest absolute Gasteiger partial charge is 0.244 e. The van der Waals surface area contributed by atoms with Crippen LogP contribution in [0.25, 0.3) is 0 Å². The van der Waals surface area contributed by atoms with Crippen LogP contribution in [-0.4, -0.2) is 45.4 Å². The molecule has 1 saturated heterocycles. The molecule has 0 spiro atoms. The number of fused-ring (bicyclic) bond motifs is 3. The minimum Gasteiger partial charge on any atom is -0.371 e. The number of hydrogen-bond acceptors (Lipinski definition) is 6. The van der Waals surface area contributed by atoms with E-state index in [1.54, 1.807) is 12.3 Å². The van der Waals surface area contributed by atoms with Crippen molar-refractivity contribution in [1.29, 1.82) is 0 Å². The summed E-state index contributed by atoms with van der Waals surface area (Å²) in [6.07, 6.45) is 4.92. The molecule has 7 nitrogen and oxygen atoms in total. The number of nitrogens with zero attached hydrogens (tertiary/aromatic N) is 6. The van der Waals surface area contributed by atoms with Crippen molar-refractivity contribution in [3.63, 3.8) is 0 Å². The number of aromatic nitrogens is 4. The first-order valence-electron chi connectivity index (χ1n) is 11.4. The maximum atomic E-state index is 13.8. The lowest BCUT2D eigenvalue weighted by molar-refractivity contribution is 0.376. The van der Waals surface area contributed by atoms with Crippen LogP contribution in [0, 0.1) is 23.5 Å². The van der Waals surface area contributed by atoms with Gasteiger partial charge < -0.3 is 15.1 Å². The van der Waals surface area contributed by atoms with E-state index in [1.165, 1.54) is 6.07 Å². The number of nitrogens with one attached hydrogen (secondary N) is 1. The summed E-state index contributed by atoms with van der Waals surface area (Å²) in [5, 5.41) is 8.81. The second-order valence-corrected chi connectivity index (χ2v) is 9.46. The van der Waals surface area contributed by atoms with Gasteiger partial charge in [-0.15, -0.1) is 5.10 Å². The Labute approximate surface area is 195 Å². The van der Waals surface area contributed by atoms with Gasteiger partial charge in [-0.05, 0) is 55.4 Å². The van der Waals surface area contributed by atoms with E-state index in [9.17, 15) is 8.78 Å². The molecule has 10 heteroatoms. The third-order valence-electron chi connectivity index (χ3n) is 7.06. The van der Waals surface area contributed by atoms with E-state index in [4.69, 9.17) is 21.7 Å². The summed E-state index contributed by atoms with van der Waals surface area (Å²) < 4.78 is 29.1. The minimum atomic E-state index is -0.860. The van der Waals surface area contributed by atoms with E-state index in [1.807, 2.05) is 21.7 Å². The fourth-order valence-electron chi connectivity index (χ4n) is 5.53. The number of hydrogen-bond donors (Lipinski definition) is 1. The molecular formula is C23H24ClF2N7. The molecule has 1 aliphatic carbocycles. The molecule has 1 saturated carbocycles. The summed E-state index contributed by atoms with van der Waals surface area (Å²) >= 11 is 6.10. The summed E-state index contributed by atoms with van der Waals surface area (Å²) in [7, 11) is 0. The number of benzene rings is 1. The van der Waals surface area contributed by atoms with Gasteiger partial charge in [-0.2, -0.15) is 4.98 Å². The lowest BCUT2D eigenvalue weighted by atomic mass is 9.92. The van der Waals surface area contributed by atoms with E-state index < -0.39 is 11.6 Å². The number of piperidine rings is 1. The molecular weight excluding hydrogens is 448 g/mol. The zero-order valence-corrected chi connectivity index (χ0v) is 18.7. The van der Waals surface area contributed by atoms with Gasteiger partial charge in [0.1, 0.15) is 5.15 Å². The van der Waals surface area contributed by atoms with Gasteiger partial charge in [0.2, 0.25) is 11.9 Å². The topological polar surface area (TPSA) is 62.1 Å². The van der Waals surface area contributed by atoms with Crippen LogP contribution < -0.4 is 15.1 Å². The van der Waals surface area contributed by atoms with Gasteiger partial charge >= 0.3 is 0 Å². The maximum absolute atomic E-state index is 13.8. The standard InChI is InChI=1S/C23H24ClF2N7/c24-20-11-16(6-7-27-20)31-12-14-2-3-15(13-31)21(14)28-22-29-23-32(8-1-9-33(23)30-22)17-4-5-18(25)19(26)10-17/h4-7,10-11,14-15,21H,1-3,8-9,12-13H2,(H,28,30)/t14-,15+,21?. The van der Waals surface area contributed by atoms with E-state index in [0.717, 1.165) is 50.7 Å². The van der Waals surface area contributed by atoms with Crippen molar-refractivity contribution in [1.82, 2.24) is 19.7 Å². The van der Waals surface area contributed by atoms with Crippen LogP contribution in [0.3, 0.4) is 0 Å². The number of pyridine rings is 1. The Hall–Kier alpha value is -2.94. The highest BCUT2D eigenvalue weighted by atomic mass is 35.5. The Bertz CT molecular complexity index is 1170. The molecule has 2 fully saturated rings. The Kier molecular flexibility index (Phi) is 5.09. The van der Waals surface area contributed by atoms with Gasteiger partial charge in [0.15, 0.2) is 11.6 Å². The average Bonchev–Trinajstić information content (AvgIpc) is 3.31. The van der Waals surface area contributed by atoms with Gasteiger partial charge in [0.05, 0.1) is 0 Å². The largest absolute Gasteiger partial charge is 0.371 e. The third-order valence-corrected chi connectivity index (χ3v) is 7.27. The predicted octanol–water partition coefficient (Wildman–Crippen LogP) is 4.47. The van der Waals surface area contributed by atoms with E-state index in [-0.39, 0.29) is 0 Å². The average molecular weight is 472 g/mol. The van der Waals surface area contributed by atoms with Crippen molar-refractivity contribution >= 4 is 34.9 Å². The number of aryl methyl sites for hydroxylation is 1. The molecule has 2 aromatic heterocycles. The second-order valence-electron chi connectivity index (χ2n) is 9.07. The van der Waals surface area contributed by atoms with Crippen LogP contribution in [-0.2, 0) is 6.54 Å². The fraction of sp³-hybridized carbons (Fsp3) is 0.435. The monoisotopic (exact) mass is 471 g/mol. The summed E-state index contributed by atoms with van der Waals surface area (Å²) in [4.78, 5) is 13.1. The minimum absolute atomic E-state index is 0.305. The van der Waals surface area contributed by atoms with Crippen LogP contribution in [0.1, 0.15) is 19.3 Å². The number of anilines is 4. The zero-order chi connectivity index (χ0) is 22.5. The molecule has 2 bridgehead atoms. The highest BCUT2D eigenvalue weighted by Gasteiger charge is 2.43. The van der Waals surface area contributed by atoms with Gasteiger partial charge in [-0.3, -0.25) is 0 Å². The molecule has 3 aliphatic rings. The molecule has 3 atom stereocenters. The molecule has 1 aromatic carbocycles. The molecule has 4 heterocycles. The molecule has 3 aromatic rings. The first kappa shape index (κ1) is 20.7. The number of halogens is 3. The van der Waals surface area contributed by atoms with Crippen molar-refractivity contribution in [2.45, 2.75) is 31.8 Å². The SMILES string of the molecule is Fc1ccc(N2CCCn3nc(NC4[C@@H]5CC[C@H]4CN(c4ccnc(Cl)c4)C5)nc32)cc1F. The molecule has 0 amide bonds. The highest BCUT2D eigenvalue weighted by Crippen LogP contribution is 2.40. The van der Waals surface area contributed by atoms with Crippen molar-refractivity contribution in [2.24, 2.45) is 11.8 Å². The first-order chi connectivity index (χ1) is 16.0. The maximum Gasteiger partial charge on any atom is 0.244 e. The predicted molar refractivity (Wildman–Crippen MR) is 123 cm³/mol. The van der Waals surface area contributed by atoms with Crippen LogP contribution in [0.15, 0.2) is 36.5 Å². The van der Waals surface area contributed by atoms with Gasteiger partial charge in [0, 0.05) is 55.9 Å². The number of rotatable bonds is 4. The summed E-state index contributed by atoms with van der Waals surface area (Å²) in [5.74, 6) is 0.515. The normalized spacial score (nSPS) is 24.2. The van der Waals surface area contributed by atoms with E-state index >= 15 is 0 Å². The molecule has 2 aliphatic heterocycles. The Morgan fingerprint density at radius 1 is 0.970 bits per heavy atom.